The number of nitrogen functional groups attached to an aromatic ring is 1. The second-order valence-corrected chi connectivity index (χ2v) is 10.8. The second-order valence-electron chi connectivity index (χ2n) is 9.66. The number of piperazine rings is 1. The lowest BCUT2D eigenvalue weighted by atomic mass is 9.66. The van der Waals surface area contributed by atoms with Crippen LogP contribution in [0.4, 0.5) is 16.8 Å². The summed E-state index contributed by atoms with van der Waals surface area (Å²) in [6, 6.07) is 5.74. The molecule has 2 unspecified atom stereocenters. The molecule has 3 fully saturated rings. The summed E-state index contributed by atoms with van der Waals surface area (Å²) in [7, 11) is 0. The Labute approximate surface area is 187 Å². The fourth-order valence-corrected chi connectivity index (χ4v) is 7.32. The number of rotatable bonds is 3. The van der Waals surface area contributed by atoms with E-state index in [1.54, 1.807) is 11.3 Å². The van der Waals surface area contributed by atoms with Crippen LogP contribution in [0.5, 0.6) is 0 Å². The van der Waals surface area contributed by atoms with Gasteiger partial charge in [0, 0.05) is 60.3 Å². The first kappa shape index (κ1) is 19.3. The molecule has 5 heterocycles. The highest BCUT2D eigenvalue weighted by molar-refractivity contribution is 7.16. The van der Waals surface area contributed by atoms with Crippen LogP contribution in [0, 0.1) is 11.3 Å². The van der Waals surface area contributed by atoms with Crippen molar-refractivity contribution in [2.24, 2.45) is 0 Å². The summed E-state index contributed by atoms with van der Waals surface area (Å²) in [6.45, 7) is 5.98. The molecule has 3 saturated heterocycles. The van der Waals surface area contributed by atoms with E-state index >= 15 is 0 Å². The summed E-state index contributed by atoms with van der Waals surface area (Å²) in [5.74, 6) is 1.92. The van der Waals surface area contributed by atoms with E-state index in [4.69, 9.17) is 15.7 Å². The molecule has 3 aliphatic heterocycles. The maximum absolute atomic E-state index is 9.72. The SMILES string of the molecule is CCc1cc(N2CC3CCC(C2)N3)nc(N2CC3(CCCc4sc(N)c(C#N)c43)C2)n1. The van der Waals surface area contributed by atoms with Crippen LogP contribution in [-0.2, 0) is 18.3 Å². The van der Waals surface area contributed by atoms with Crippen LogP contribution in [0.3, 0.4) is 0 Å². The summed E-state index contributed by atoms with van der Waals surface area (Å²) in [6.07, 6.45) is 6.76. The second kappa shape index (κ2) is 7.07. The lowest BCUT2D eigenvalue weighted by Gasteiger charge is -2.52. The van der Waals surface area contributed by atoms with Gasteiger partial charge in [-0.3, -0.25) is 0 Å². The molecule has 0 amide bonds. The minimum Gasteiger partial charge on any atom is -0.389 e. The number of nitriles is 1. The third kappa shape index (κ3) is 3.01. The Balaban J connectivity index is 1.29. The summed E-state index contributed by atoms with van der Waals surface area (Å²) in [5, 5.41) is 14.1. The molecule has 162 valence electrons. The molecule has 0 radical (unpaired) electrons. The zero-order valence-corrected chi connectivity index (χ0v) is 18.8. The number of hydrogen-bond acceptors (Lipinski definition) is 8. The number of aryl methyl sites for hydroxylation is 2. The Hall–Kier alpha value is -2.37. The van der Waals surface area contributed by atoms with E-state index in [0.29, 0.717) is 17.1 Å². The number of fused-ring (bicyclic) bond motifs is 4. The Morgan fingerprint density at radius 3 is 2.74 bits per heavy atom. The van der Waals surface area contributed by atoms with Crippen LogP contribution >= 0.6 is 11.3 Å². The maximum Gasteiger partial charge on any atom is 0.227 e. The van der Waals surface area contributed by atoms with E-state index in [9.17, 15) is 5.26 Å². The third-order valence-corrected chi connectivity index (χ3v) is 8.71. The van der Waals surface area contributed by atoms with Crippen LogP contribution in [0.1, 0.15) is 54.3 Å². The van der Waals surface area contributed by atoms with Crippen molar-refractivity contribution in [2.45, 2.75) is 62.9 Å². The molecule has 2 aromatic rings. The van der Waals surface area contributed by atoms with Crippen molar-refractivity contribution < 1.29 is 0 Å². The van der Waals surface area contributed by atoms with Gasteiger partial charge in [0.25, 0.3) is 0 Å². The number of nitrogens with two attached hydrogens (primary N) is 1. The van der Waals surface area contributed by atoms with E-state index in [0.717, 1.165) is 74.9 Å². The molecule has 8 heteroatoms. The van der Waals surface area contributed by atoms with Gasteiger partial charge in [-0.05, 0) is 44.1 Å². The lowest BCUT2D eigenvalue weighted by molar-refractivity contribution is 0.282. The van der Waals surface area contributed by atoms with Crippen LogP contribution in [0.25, 0.3) is 0 Å². The zero-order valence-electron chi connectivity index (χ0n) is 18.0. The van der Waals surface area contributed by atoms with Crippen molar-refractivity contribution in [3.63, 3.8) is 0 Å². The fraction of sp³-hybridized carbons (Fsp3) is 0.609. The first-order valence-electron chi connectivity index (χ1n) is 11.5. The van der Waals surface area contributed by atoms with Gasteiger partial charge in [-0.15, -0.1) is 11.3 Å². The van der Waals surface area contributed by atoms with E-state index in [1.165, 1.54) is 23.3 Å². The van der Waals surface area contributed by atoms with Gasteiger partial charge >= 0.3 is 0 Å². The Morgan fingerprint density at radius 1 is 1.26 bits per heavy atom. The predicted octanol–water partition coefficient (Wildman–Crippen LogP) is 2.59. The minimum atomic E-state index is 0.0344. The highest BCUT2D eigenvalue weighted by Gasteiger charge is 2.50. The molecule has 6 rings (SSSR count). The van der Waals surface area contributed by atoms with Crippen molar-refractivity contribution >= 4 is 28.1 Å². The van der Waals surface area contributed by atoms with Crippen molar-refractivity contribution in [2.75, 3.05) is 41.7 Å². The average molecular weight is 436 g/mol. The molecule has 3 N–H and O–H groups in total. The molecule has 1 aliphatic carbocycles. The number of aromatic nitrogens is 2. The van der Waals surface area contributed by atoms with Crippen molar-refractivity contribution in [3.8, 4) is 6.07 Å². The average Bonchev–Trinajstić information content (AvgIpc) is 3.28. The fourth-order valence-electron chi connectivity index (χ4n) is 6.14. The number of nitrogens with zero attached hydrogens (tertiary/aromatic N) is 5. The van der Waals surface area contributed by atoms with Crippen molar-refractivity contribution in [3.05, 3.63) is 27.8 Å². The Bertz CT molecular complexity index is 1050. The quantitative estimate of drug-likeness (QED) is 0.765. The van der Waals surface area contributed by atoms with Crippen LogP contribution < -0.4 is 20.9 Å². The smallest absolute Gasteiger partial charge is 0.227 e. The Kier molecular flexibility index (Phi) is 4.41. The van der Waals surface area contributed by atoms with Gasteiger partial charge < -0.3 is 20.9 Å². The zero-order chi connectivity index (χ0) is 21.2. The monoisotopic (exact) mass is 435 g/mol. The summed E-state index contributed by atoms with van der Waals surface area (Å²) < 4.78 is 0. The first-order chi connectivity index (χ1) is 15.1. The van der Waals surface area contributed by atoms with E-state index in [2.05, 4.69) is 34.2 Å². The highest BCUT2D eigenvalue weighted by Crippen LogP contribution is 2.50. The topological polar surface area (TPSA) is 94.1 Å². The van der Waals surface area contributed by atoms with Crippen molar-refractivity contribution in [1.82, 2.24) is 15.3 Å². The molecule has 2 bridgehead atoms. The number of thiophene rings is 1. The van der Waals surface area contributed by atoms with Crippen molar-refractivity contribution in [1.29, 1.82) is 5.26 Å². The van der Waals surface area contributed by atoms with Crippen LogP contribution in [0.15, 0.2) is 6.07 Å². The molecule has 0 saturated carbocycles. The predicted molar refractivity (Wildman–Crippen MR) is 124 cm³/mol. The van der Waals surface area contributed by atoms with Crippen LogP contribution in [-0.4, -0.2) is 48.2 Å². The Morgan fingerprint density at radius 2 is 2.03 bits per heavy atom. The maximum atomic E-state index is 9.72. The summed E-state index contributed by atoms with van der Waals surface area (Å²) in [4.78, 5) is 16.0. The lowest BCUT2D eigenvalue weighted by Crippen LogP contribution is -2.61. The number of anilines is 3. The van der Waals surface area contributed by atoms with Gasteiger partial charge in [-0.25, -0.2) is 4.98 Å². The van der Waals surface area contributed by atoms with Gasteiger partial charge in [0.15, 0.2) is 0 Å². The molecule has 2 atom stereocenters. The first-order valence-corrected chi connectivity index (χ1v) is 12.4. The standard InChI is InChI=1S/C23H29N7S/c1-2-14-8-19(29-10-15-5-6-16(11-29)26-15)28-22(27-14)30-12-23(13-30)7-3-4-18-20(23)17(9-24)21(25)31-18/h8,15-16,26H,2-7,10-13,25H2,1H3. The molecular weight excluding hydrogens is 406 g/mol. The molecule has 0 aromatic carbocycles. The molecule has 2 aromatic heterocycles. The molecule has 31 heavy (non-hydrogen) atoms. The third-order valence-electron chi connectivity index (χ3n) is 7.64. The molecular formula is C23H29N7S. The van der Waals surface area contributed by atoms with Gasteiger partial charge in [0.05, 0.1) is 5.56 Å². The molecule has 1 spiro atoms. The van der Waals surface area contributed by atoms with E-state index in [-0.39, 0.29) is 5.41 Å². The molecule has 7 nitrogen and oxygen atoms in total. The van der Waals surface area contributed by atoms with Gasteiger partial charge in [-0.1, -0.05) is 6.92 Å². The van der Waals surface area contributed by atoms with Gasteiger partial charge in [0.2, 0.25) is 5.95 Å². The van der Waals surface area contributed by atoms with Gasteiger partial charge in [-0.2, -0.15) is 10.2 Å². The van der Waals surface area contributed by atoms with Gasteiger partial charge in [0.1, 0.15) is 16.9 Å². The van der Waals surface area contributed by atoms with E-state index in [1.807, 2.05) is 0 Å². The molecule has 4 aliphatic rings. The normalized spacial score (nSPS) is 25.9. The number of hydrogen-bond donors (Lipinski definition) is 2. The minimum absolute atomic E-state index is 0.0344. The highest BCUT2D eigenvalue weighted by atomic mass is 32.1. The summed E-state index contributed by atoms with van der Waals surface area (Å²) in [5.41, 5.74) is 9.28. The largest absolute Gasteiger partial charge is 0.389 e. The van der Waals surface area contributed by atoms with E-state index < -0.39 is 0 Å². The summed E-state index contributed by atoms with van der Waals surface area (Å²) >= 11 is 1.62. The number of nitrogens with one attached hydrogen (secondary N) is 1. The van der Waals surface area contributed by atoms with Crippen LogP contribution in [0.2, 0.25) is 0 Å².